The van der Waals surface area contributed by atoms with Crippen LogP contribution < -0.4 is 10.1 Å². The second-order valence-corrected chi connectivity index (χ2v) is 7.55. The minimum Gasteiger partial charge on any atom is -0.497 e. The van der Waals surface area contributed by atoms with Crippen LogP contribution in [-0.4, -0.2) is 46.9 Å². The summed E-state index contributed by atoms with van der Waals surface area (Å²) >= 11 is 1.40. The Kier molecular flexibility index (Phi) is 5.12. The molecule has 2 amide bonds. The largest absolute Gasteiger partial charge is 0.497 e. The number of ether oxygens (including phenoxy) is 1. The first-order chi connectivity index (χ1) is 13.6. The quantitative estimate of drug-likeness (QED) is 0.710. The van der Waals surface area contributed by atoms with Gasteiger partial charge in [0.05, 0.1) is 18.4 Å². The van der Waals surface area contributed by atoms with E-state index in [0.29, 0.717) is 47.9 Å². The van der Waals surface area contributed by atoms with Crippen LogP contribution in [0.25, 0.3) is 0 Å². The normalized spacial score (nSPS) is 13.5. The molecule has 4 rings (SSSR count). The standard InChI is InChI=1S/C20H20N4O3S/c1-27-15-4-2-3-14(11-15)22-18(25)19-23-16-6-9-24(10-7-17(16)28-19)20(26)13-5-8-21-12-13/h2-5,8,11-12,21H,6-7,9-10H2,1H3,(H,22,25). The summed E-state index contributed by atoms with van der Waals surface area (Å²) in [4.78, 5) is 35.5. The number of hydrogen-bond donors (Lipinski definition) is 2. The Morgan fingerprint density at radius 2 is 2.11 bits per heavy atom. The Balaban J connectivity index is 1.43. The van der Waals surface area contributed by atoms with Gasteiger partial charge in [-0.15, -0.1) is 11.3 Å². The molecule has 0 saturated heterocycles. The molecule has 2 aromatic heterocycles. The maximum atomic E-state index is 12.6. The zero-order valence-electron chi connectivity index (χ0n) is 15.4. The van der Waals surface area contributed by atoms with E-state index in [4.69, 9.17) is 4.74 Å². The van der Waals surface area contributed by atoms with Crippen LogP contribution in [-0.2, 0) is 12.8 Å². The molecule has 8 heteroatoms. The zero-order valence-corrected chi connectivity index (χ0v) is 16.2. The number of nitrogens with one attached hydrogen (secondary N) is 2. The molecule has 7 nitrogen and oxygen atoms in total. The van der Waals surface area contributed by atoms with Crippen LogP contribution in [0, 0.1) is 0 Å². The van der Waals surface area contributed by atoms with Gasteiger partial charge in [-0.3, -0.25) is 9.59 Å². The number of carbonyl (C=O) groups excluding carboxylic acids is 2. The summed E-state index contributed by atoms with van der Waals surface area (Å²) in [6.07, 6.45) is 4.81. The number of methoxy groups -OCH3 is 1. The summed E-state index contributed by atoms with van der Waals surface area (Å²) in [6.45, 7) is 1.22. The predicted molar refractivity (Wildman–Crippen MR) is 107 cm³/mol. The second-order valence-electron chi connectivity index (χ2n) is 6.47. The molecule has 1 aliphatic heterocycles. The number of hydrogen-bond acceptors (Lipinski definition) is 5. The average molecular weight is 396 g/mol. The zero-order chi connectivity index (χ0) is 19.5. The van der Waals surface area contributed by atoms with E-state index in [9.17, 15) is 9.59 Å². The van der Waals surface area contributed by atoms with E-state index in [2.05, 4.69) is 15.3 Å². The lowest BCUT2D eigenvalue weighted by Gasteiger charge is -2.19. The third-order valence-electron chi connectivity index (χ3n) is 4.66. The summed E-state index contributed by atoms with van der Waals surface area (Å²) in [6, 6.07) is 9.00. The Bertz CT molecular complexity index is 971. The number of benzene rings is 1. The third kappa shape index (κ3) is 3.77. The van der Waals surface area contributed by atoms with Crippen LogP contribution in [0.5, 0.6) is 5.75 Å². The van der Waals surface area contributed by atoms with Gasteiger partial charge in [-0.25, -0.2) is 4.98 Å². The predicted octanol–water partition coefficient (Wildman–Crippen LogP) is 2.97. The second kappa shape index (κ2) is 7.85. The van der Waals surface area contributed by atoms with E-state index < -0.39 is 0 Å². The first-order valence-corrected chi connectivity index (χ1v) is 9.82. The molecule has 0 bridgehead atoms. The molecule has 0 unspecified atom stereocenters. The number of aromatic nitrogens is 2. The molecule has 1 aromatic carbocycles. The molecule has 0 radical (unpaired) electrons. The van der Waals surface area contributed by atoms with Crippen molar-refractivity contribution in [2.75, 3.05) is 25.5 Å². The monoisotopic (exact) mass is 396 g/mol. The summed E-state index contributed by atoms with van der Waals surface area (Å²) in [7, 11) is 1.59. The highest BCUT2D eigenvalue weighted by Crippen LogP contribution is 2.25. The smallest absolute Gasteiger partial charge is 0.284 e. The number of fused-ring (bicyclic) bond motifs is 1. The van der Waals surface area contributed by atoms with Gasteiger partial charge in [0.2, 0.25) is 0 Å². The maximum Gasteiger partial charge on any atom is 0.284 e. The van der Waals surface area contributed by atoms with Gasteiger partial charge in [0.15, 0.2) is 5.01 Å². The van der Waals surface area contributed by atoms with E-state index >= 15 is 0 Å². The lowest BCUT2D eigenvalue weighted by molar-refractivity contribution is 0.0763. The van der Waals surface area contributed by atoms with E-state index in [-0.39, 0.29) is 11.8 Å². The molecule has 0 atom stereocenters. The Labute approximate surface area is 166 Å². The van der Waals surface area contributed by atoms with Crippen molar-refractivity contribution in [2.45, 2.75) is 12.8 Å². The fourth-order valence-corrected chi connectivity index (χ4v) is 4.18. The Morgan fingerprint density at radius 3 is 2.89 bits per heavy atom. The summed E-state index contributed by atoms with van der Waals surface area (Å²) in [5.41, 5.74) is 2.24. The van der Waals surface area contributed by atoms with Gasteiger partial charge in [-0.1, -0.05) is 6.07 Å². The first-order valence-electron chi connectivity index (χ1n) is 9.00. The summed E-state index contributed by atoms with van der Waals surface area (Å²) in [5, 5.41) is 3.31. The third-order valence-corrected chi connectivity index (χ3v) is 5.82. The van der Waals surface area contributed by atoms with Gasteiger partial charge in [0.25, 0.3) is 11.8 Å². The number of carbonyl (C=O) groups is 2. The van der Waals surface area contributed by atoms with Crippen molar-refractivity contribution in [3.8, 4) is 5.75 Å². The molecule has 3 heterocycles. The van der Waals surface area contributed by atoms with Crippen LogP contribution in [0.15, 0.2) is 42.7 Å². The molecule has 144 valence electrons. The molecule has 2 N–H and O–H groups in total. The van der Waals surface area contributed by atoms with Crippen LogP contribution in [0.2, 0.25) is 0 Å². The van der Waals surface area contributed by atoms with Crippen LogP contribution >= 0.6 is 11.3 Å². The molecule has 0 spiro atoms. The van der Waals surface area contributed by atoms with Crippen LogP contribution in [0.3, 0.4) is 0 Å². The number of anilines is 1. The highest BCUT2D eigenvalue weighted by molar-refractivity contribution is 7.13. The number of aromatic amines is 1. The minimum absolute atomic E-state index is 0.0207. The highest BCUT2D eigenvalue weighted by atomic mass is 32.1. The number of nitrogens with zero attached hydrogens (tertiary/aromatic N) is 2. The van der Waals surface area contributed by atoms with Crippen molar-refractivity contribution in [1.82, 2.24) is 14.9 Å². The van der Waals surface area contributed by atoms with Crippen molar-refractivity contribution in [1.29, 1.82) is 0 Å². The maximum absolute atomic E-state index is 12.6. The fraction of sp³-hybridized carbons (Fsp3) is 0.250. The molecular formula is C20H20N4O3S. The number of amides is 2. The topological polar surface area (TPSA) is 87.3 Å². The molecule has 0 saturated carbocycles. The number of H-pyrrole nitrogens is 1. The Hall–Kier alpha value is -3.13. The van der Waals surface area contributed by atoms with Crippen molar-refractivity contribution >= 4 is 28.8 Å². The molecule has 1 aliphatic rings. The highest BCUT2D eigenvalue weighted by Gasteiger charge is 2.24. The van der Waals surface area contributed by atoms with Crippen LogP contribution in [0.1, 0.15) is 30.7 Å². The minimum atomic E-state index is -0.230. The molecule has 3 aromatic rings. The van der Waals surface area contributed by atoms with E-state index in [1.54, 1.807) is 31.6 Å². The fourth-order valence-electron chi connectivity index (χ4n) is 3.19. The van der Waals surface area contributed by atoms with Gasteiger partial charge < -0.3 is 19.9 Å². The average Bonchev–Trinajstić information content (AvgIpc) is 3.34. The van der Waals surface area contributed by atoms with Crippen molar-refractivity contribution in [3.05, 3.63) is 63.9 Å². The summed E-state index contributed by atoms with van der Waals surface area (Å²) < 4.78 is 5.18. The molecule has 0 aliphatic carbocycles. The van der Waals surface area contributed by atoms with E-state index in [1.165, 1.54) is 11.3 Å². The number of rotatable bonds is 4. The molecule has 28 heavy (non-hydrogen) atoms. The lowest BCUT2D eigenvalue weighted by Crippen LogP contribution is -2.33. The van der Waals surface area contributed by atoms with Gasteiger partial charge in [0.1, 0.15) is 5.75 Å². The summed E-state index contributed by atoms with van der Waals surface area (Å²) in [5.74, 6) is 0.471. The van der Waals surface area contributed by atoms with Gasteiger partial charge >= 0.3 is 0 Å². The molecular weight excluding hydrogens is 376 g/mol. The van der Waals surface area contributed by atoms with Crippen molar-refractivity contribution in [2.24, 2.45) is 0 Å². The van der Waals surface area contributed by atoms with Crippen molar-refractivity contribution < 1.29 is 14.3 Å². The van der Waals surface area contributed by atoms with Crippen molar-refractivity contribution in [3.63, 3.8) is 0 Å². The van der Waals surface area contributed by atoms with Crippen LogP contribution in [0.4, 0.5) is 5.69 Å². The SMILES string of the molecule is COc1cccc(NC(=O)c2nc3c(s2)CCN(C(=O)c2cc[nH]c2)CC3)c1. The Morgan fingerprint density at radius 1 is 1.25 bits per heavy atom. The first kappa shape index (κ1) is 18.2. The van der Waals surface area contributed by atoms with Gasteiger partial charge in [0, 0.05) is 55.0 Å². The van der Waals surface area contributed by atoms with Gasteiger partial charge in [-0.05, 0) is 18.2 Å². The van der Waals surface area contributed by atoms with Gasteiger partial charge in [-0.2, -0.15) is 0 Å². The molecule has 0 fully saturated rings. The van der Waals surface area contributed by atoms with E-state index in [0.717, 1.165) is 10.6 Å². The number of thiazole rings is 1. The lowest BCUT2D eigenvalue weighted by atomic mass is 10.2. The van der Waals surface area contributed by atoms with E-state index in [1.807, 2.05) is 23.1 Å².